The van der Waals surface area contributed by atoms with Crippen LogP contribution >= 0.6 is 11.6 Å². The zero-order valence-corrected chi connectivity index (χ0v) is 11.3. The van der Waals surface area contributed by atoms with E-state index < -0.39 is 0 Å². The molecule has 0 aromatic heterocycles. The number of methoxy groups -OCH3 is 1. The average molecular weight is 269 g/mol. The van der Waals surface area contributed by atoms with Gasteiger partial charge in [0, 0.05) is 19.3 Å². The van der Waals surface area contributed by atoms with Crippen molar-refractivity contribution in [1.29, 1.82) is 0 Å². The van der Waals surface area contributed by atoms with Crippen molar-refractivity contribution in [1.82, 2.24) is 0 Å². The van der Waals surface area contributed by atoms with E-state index in [9.17, 15) is 4.79 Å². The van der Waals surface area contributed by atoms with Crippen molar-refractivity contribution in [2.75, 3.05) is 30.9 Å². The molecule has 1 aromatic carbocycles. The molecule has 2 rings (SSSR count). The molecule has 1 heterocycles. The first-order valence-corrected chi connectivity index (χ1v) is 6.33. The van der Waals surface area contributed by atoms with Crippen molar-refractivity contribution < 1.29 is 9.53 Å². The third-order valence-electron chi connectivity index (χ3n) is 2.91. The summed E-state index contributed by atoms with van der Waals surface area (Å²) in [5.41, 5.74) is 2.68. The zero-order valence-electron chi connectivity index (χ0n) is 10.5. The molecular weight excluding hydrogens is 252 g/mol. The summed E-state index contributed by atoms with van der Waals surface area (Å²) in [6.07, 6.45) is 0.425. The van der Waals surface area contributed by atoms with Gasteiger partial charge in [-0.25, -0.2) is 0 Å². The molecule has 18 heavy (non-hydrogen) atoms. The lowest BCUT2D eigenvalue weighted by Gasteiger charge is -2.14. The van der Waals surface area contributed by atoms with Crippen LogP contribution < -0.4 is 10.6 Å². The van der Waals surface area contributed by atoms with Crippen molar-refractivity contribution in [2.45, 2.75) is 13.3 Å². The van der Waals surface area contributed by atoms with Gasteiger partial charge in [0.15, 0.2) is 0 Å². The van der Waals surface area contributed by atoms with Gasteiger partial charge in [0.1, 0.15) is 0 Å². The first-order valence-electron chi connectivity index (χ1n) is 5.95. The minimum absolute atomic E-state index is 0.0194. The predicted octanol–water partition coefficient (Wildman–Crippen LogP) is 2.53. The number of hydrogen-bond acceptors (Lipinski definition) is 3. The molecular formula is C13H17ClN2O2. The van der Waals surface area contributed by atoms with Gasteiger partial charge in [-0.3, -0.25) is 4.79 Å². The molecule has 0 fully saturated rings. The number of benzene rings is 1. The van der Waals surface area contributed by atoms with Crippen LogP contribution in [-0.2, 0) is 16.0 Å². The fourth-order valence-corrected chi connectivity index (χ4v) is 2.24. The molecule has 1 aliphatic rings. The molecule has 0 radical (unpaired) electrons. The lowest BCUT2D eigenvalue weighted by molar-refractivity contribution is -0.115. The summed E-state index contributed by atoms with van der Waals surface area (Å²) in [6, 6.07) is 3.74. The van der Waals surface area contributed by atoms with Crippen molar-refractivity contribution >= 4 is 28.9 Å². The van der Waals surface area contributed by atoms with Crippen LogP contribution in [0.1, 0.15) is 12.5 Å². The van der Waals surface area contributed by atoms with Crippen LogP contribution in [0.15, 0.2) is 12.1 Å². The van der Waals surface area contributed by atoms with E-state index >= 15 is 0 Å². The van der Waals surface area contributed by atoms with E-state index in [0.717, 1.165) is 23.5 Å². The lowest BCUT2D eigenvalue weighted by Crippen LogP contribution is -2.16. The lowest BCUT2D eigenvalue weighted by atomic mass is 10.1. The molecule has 0 spiro atoms. The highest BCUT2D eigenvalue weighted by Crippen LogP contribution is 2.32. The number of carbonyl (C=O) groups is 1. The maximum Gasteiger partial charge on any atom is 0.228 e. The van der Waals surface area contributed by atoms with Crippen LogP contribution in [0, 0.1) is 5.92 Å². The highest BCUT2D eigenvalue weighted by atomic mass is 35.5. The fraction of sp³-hybridized carbons (Fsp3) is 0.462. The number of anilines is 2. The molecule has 1 atom stereocenters. The van der Waals surface area contributed by atoms with Crippen LogP contribution in [0.2, 0.25) is 5.02 Å². The van der Waals surface area contributed by atoms with Crippen molar-refractivity contribution in [2.24, 2.45) is 5.92 Å². The van der Waals surface area contributed by atoms with Crippen LogP contribution in [0.25, 0.3) is 0 Å². The SMILES string of the molecule is COCC(C)CNc1cc2c(cc1Cl)NC(=O)C2. The topological polar surface area (TPSA) is 50.4 Å². The molecule has 1 unspecified atom stereocenters. The first-order chi connectivity index (χ1) is 8.60. The monoisotopic (exact) mass is 268 g/mol. The van der Waals surface area contributed by atoms with Gasteiger partial charge in [-0.2, -0.15) is 0 Å². The summed E-state index contributed by atoms with van der Waals surface area (Å²) in [5.74, 6) is 0.421. The quantitative estimate of drug-likeness (QED) is 0.863. The molecule has 0 aliphatic carbocycles. The van der Waals surface area contributed by atoms with Crippen LogP contribution in [-0.4, -0.2) is 26.2 Å². The van der Waals surface area contributed by atoms with Crippen LogP contribution in [0.4, 0.5) is 11.4 Å². The van der Waals surface area contributed by atoms with E-state index in [-0.39, 0.29) is 5.91 Å². The van der Waals surface area contributed by atoms with Crippen molar-refractivity contribution in [3.8, 4) is 0 Å². The second-order valence-corrected chi connectivity index (χ2v) is 5.06. The molecule has 2 N–H and O–H groups in total. The average Bonchev–Trinajstić information content (AvgIpc) is 2.65. The van der Waals surface area contributed by atoms with Gasteiger partial charge in [-0.1, -0.05) is 18.5 Å². The van der Waals surface area contributed by atoms with E-state index in [4.69, 9.17) is 16.3 Å². The maximum absolute atomic E-state index is 11.3. The Hall–Kier alpha value is -1.26. The second-order valence-electron chi connectivity index (χ2n) is 4.66. The number of hydrogen-bond donors (Lipinski definition) is 2. The Labute approximate surface area is 112 Å². The van der Waals surface area contributed by atoms with Gasteiger partial charge in [-0.15, -0.1) is 0 Å². The first kappa shape index (κ1) is 13.2. The summed E-state index contributed by atoms with van der Waals surface area (Å²) in [6.45, 7) is 3.59. The third-order valence-corrected chi connectivity index (χ3v) is 3.22. The Balaban J connectivity index is 2.06. The summed E-state index contributed by atoms with van der Waals surface area (Å²) in [5, 5.41) is 6.70. The van der Waals surface area contributed by atoms with Crippen molar-refractivity contribution in [3.05, 3.63) is 22.7 Å². The standard InChI is InChI=1S/C13H17ClN2O2/c1-8(7-18-2)6-15-12-3-9-4-13(17)16-11(9)5-10(12)14/h3,5,8,15H,4,6-7H2,1-2H3,(H,16,17). The number of ether oxygens (including phenoxy) is 1. The summed E-state index contributed by atoms with van der Waals surface area (Å²) in [7, 11) is 1.69. The molecule has 0 bridgehead atoms. The zero-order chi connectivity index (χ0) is 13.1. The van der Waals surface area contributed by atoms with Crippen LogP contribution in [0.3, 0.4) is 0 Å². The van der Waals surface area contributed by atoms with Crippen molar-refractivity contribution in [3.63, 3.8) is 0 Å². The number of nitrogens with one attached hydrogen (secondary N) is 2. The predicted molar refractivity (Wildman–Crippen MR) is 73.3 cm³/mol. The Kier molecular flexibility index (Phi) is 4.09. The summed E-state index contributed by atoms with van der Waals surface area (Å²) in [4.78, 5) is 11.3. The molecule has 0 saturated carbocycles. The minimum atomic E-state index is 0.0194. The number of amides is 1. The van der Waals surface area contributed by atoms with Gasteiger partial charge >= 0.3 is 0 Å². The van der Waals surface area contributed by atoms with Gasteiger partial charge in [-0.05, 0) is 23.6 Å². The molecule has 1 aliphatic heterocycles. The Morgan fingerprint density at radius 3 is 3.06 bits per heavy atom. The highest BCUT2D eigenvalue weighted by Gasteiger charge is 2.19. The third kappa shape index (κ3) is 2.94. The number of fused-ring (bicyclic) bond motifs is 1. The Morgan fingerprint density at radius 2 is 2.33 bits per heavy atom. The molecule has 1 aromatic rings. The fourth-order valence-electron chi connectivity index (χ4n) is 2.01. The van der Waals surface area contributed by atoms with Gasteiger partial charge in [0.2, 0.25) is 5.91 Å². The van der Waals surface area contributed by atoms with E-state index in [0.29, 0.717) is 24.0 Å². The number of halogens is 1. The van der Waals surface area contributed by atoms with E-state index in [2.05, 4.69) is 17.6 Å². The molecule has 5 heteroatoms. The maximum atomic E-state index is 11.3. The Bertz CT molecular complexity index is 463. The number of rotatable bonds is 5. The van der Waals surface area contributed by atoms with E-state index in [1.54, 1.807) is 13.2 Å². The molecule has 4 nitrogen and oxygen atoms in total. The van der Waals surface area contributed by atoms with E-state index in [1.807, 2.05) is 6.07 Å². The molecule has 0 saturated heterocycles. The molecule has 98 valence electrons. The van der Waals surface area contributed by atoms with Crippen LogP contribution in [0.5, 0.6) is 0 Å². The summed E-state index contributed by atoms with van der Waals surface area (Å²) >= 11 is 6.17. The van der Waals surface area contributed by atoms with E-state index in [1.165, 1.54) is 0 Å². The van der Waals surface area contributed by atoms with Gasteiger partial charge in [0.05, 0.1) is 23.7 Å². The smallest absolute Gasteiger partial charge is 0.228 e. The normalized spacial score (nSPS) is 15.2. The Morgan fingerprint density at radius 1 is 1.56 bits per heavy atom. The molecule has 1 amide bonds. The summed E-state index contributed by atoms with van der Waals surface area (Å²) < 4.78 is 5.08. The largest absolute Gasteiger partial charge is 0.384 e. The second kappa shape index (κ2) is 5.59. The van der Waals surface area contributed by atoms with Gasteiger partial charge in [0.25, 0.3) is 0 Å². The van der Waals surface area contributed by atoms with Gasteiger partial charge < -0.3 is 15.4 Å². The highest BCUT2D eigenvalue weighted by molar-refractivity contribution is 6.33. The minimum Gasteiger partial charge on any atom is -0.384 e. The number of carbonyl (C=O) groups excluding carboxylic acids is 1.